The summed E-state index contributed by atoms with van der Waals surface area (Å²) in [6, 6.07) is 0. The smallest absolute Gasteiger partial charge is 0.0619 e. The van der Waals surface area contributed by atoms with Crippen LogP contribution in [0.15, 0.2) is 0 Å². The van der Waals surface area contributed by atoms with Gasteiger partial charge >= 0.3 is 0 Å². The van der Waals surface area contributed by atoms with Crippen LogP contribution < -0.4 is 0 Å². The van der Waals surface area contributed by atoms with Crippen molar-refractivity contribution in [2.24, 2.45) is 17.3 Å². The number of hydrogen-bond donors (Lipinski definition) is 1. The first-order chi connectivity index (χ1) is 5.64. The van der Waals surface area contributed by atoms with Crippen molar-refractivity contribution in [2.75, 3.05) is 0 Å². The summed E-state index contributed by atoms with van der Waals surface area (Å²) in [5.41, 5.74) is 0.346. The van der Waals surface area contributed by atoms with Gasteiger partial charge in [0, 0.05) is 0 Å². The van der Waals surface area contributed by atoms with Crippen molar-refractivity contribution in [2.45, 2.75) is 52.1 Å². The Kier molecular flexibility index (Phi) is 1.95. The Bertz CT molecular complexity index is 166. The summed E-state index contributed by atoms with van der Waals surface area (Å²) in [6.07, 6.45) is 6.61. The average Bonchev–Trinajstić information content (AvgIpc) is 2.62. The number of aliphatic hydroxyl groups excluding tert-OH is 1. The highest BCUT2D eigenvalue weighted by Crippen LogP contribution is 2.56. The van der Waals surface area contributed by atoms with Crippen LogP contribution in [0, 0.1) is 17.3 Å². The predicted molar refractivity (Wildman–Crippen MR) is 49.9 cm³/mol. The zero-order chi connectivity index (χ0) is 8.77. The number of rotatable bonds is 2. The van der Waals surface area contributed by atoms with Crippen LogP contribution in [-0.2, 0) is 0 Å². The molecular formula is C11H20O. The average molecular weight is 168 g/mol. The Labute approximate surface area is 75.2 Å². The Hall–Kier alpha value is -0.0400. The molecule has 0 radical (unpaired) electrons. The van der Waals surface area contributed by atoms with E-state index in [1.54, 1.807) is 0 Å². The highest BCUT2D eigenvalue weighted by molar-refractivity contribution is 5.00. The van der Waals surface area contributed by atoms with Crippen LogP contribution in [0.25, 0.3) is 0 Å². The first kappa shape index (κ1) is 8.55. The monoisotopic (exact) mass is 168 g/mol. The fourth-order valence-corrected chi connectivity index (χ4v) is 3.36. The van der Waals surface area contributed by atoms with Crippen molar-refractivity contribution in [3.05, 3.63) is 0 Å². The fraction of sp³-hybridized carbons (Fsp3) is 1.00. The van der Waals surface area contributed by atoms with Gasteiger partial charge in [0.15, 0.2) is 0 Å². The highest BCUT2D eigenvalue weighted by Gasteiger charge is 2.49. The molecule has 1 heteroatoms. The summed E-state index contributed by atoms with van der Waals surface area (Å²) >= 11 is 0. The van der Waals surface area contributed by atoms with E-state index in [-0.39, 0.29) is 6.10 Å². The van der Waals surface area contributed by atoms with E-state index in [2.05, 4.69) is 13.8 Å². The van der Waals surface area contributed by atoms with Gasteiger partial charge in [0.1, 0.15) is 0 Å². The molecule has 0 aromatic rings. The number of fused-ring (bicyclic) bond motifs is 2. The summed E-state index contributed by atoms with van der Waals surface area (Å²) in [5.74, 6) is 1.40. The molecular weight excluding hydrogens is 148 g/mol. The SMILES string of the molecule is CC(C)[C@H](O)C12CCC(CC1)C2. The third-order valence-electron chi connectivity index (χ3n) is 4.06. The fourth-order valence-electron chi connectivity index (χ4n) is 3.36. The van der Waals surface area contributed by atoms with Crippen LogP contribution in [-0.4, -0.2) is 11.2 Å². The maximum absolute atomic E-state index is 10.1. The molecule has 2 rings (SSSR count). The van der Waals surface area contributed by atoms with Gasteiger partial charge in [0.05, 0.1) is 6.10 Å². The molecule has 1 N–H and O–H groups in total. The first-order valence-electron chi connectivity index (χ1n) is 5.32. The van der Waals surface area contributed by atoms with Crippen LogP contribution >= 0.6 is 0 Å². The van der Waals surface area contributed by atoms with Gasteiger partial charge in [-0.3, -0.25) is 0 Å². The zero-order valence-corrected chi connectivity index (χ0v) is 8.21. The molecule has 2 aliphatic rings. The van der Waals surface area contributed by atoms with E-state index >= 15 is 0 Å². The van der Waals surface area contributed by atoms with Gasteiger partial charge in [0.25, 0.3) is 0 Å². The van der Waals surface area contributed by atoms with Crippen LogP contribution in [0.5, 0.6) is 0 Å². The summed E-state index contributed by atoms with van der Waals surface area (Å²) in [5, 5.41) is 10.1. The summed E-state index contributed by atoms with van der Waals surface area (Å²) in [7, 11) is 0. The van der Waals surface area contributed by atoms with Gasteiger partial charge in [-0.05, 0) is 49.4 Å². The minimum Gasteiger partial charge on any atom is -0.392 e. The van der Waals surface area contributed by atoms with Gasteiger partial charge in [-0.25, -0.2) is 0 Å². The first-order valence-corrected chi connectivity index (χ1v) is 5.32. The molecule has 0 heterocycles. The molecule has 2 saturated carbocycles. The lowest BCUT2D eigenvalue weighted by Crippen LogP contribution is -2.35. The largest absolute Gasteiger partial charge is 0.392 e. The molecule has 70 valence electrons. The van der Waals surface area contributed by atoms with E-state index in [4.69, 9.17) is 0 Å². The summed E-state index contributed by atoms with van der Waals surface area (Å²) < 4.78 is 0. The minimum absolute atomic E-state index is 0.0370. The molecule has 2 fully saturated rings. The van der Waals surface area contributed by atoms with E-state index in [0.29, 0.717) is 11.3 Å². The molecule has 0 aromatic heterocycles. The van der Waals surface area contributed by atoms with Crippen molar-refractivity contribution in [3.63, 3.8) is 0 Å². The van der Waals surface area contributed by atoms with Crippen LogP contribution in [0.3, 0.4) is 0 Å². The number of aliphatic hydroxyl groups is 1. The normalized spacial score (nSPS) is 42.5. The molecule has 12 heavy (non-hydrogen) atoms. The standard InChI is InChI=1S/C11H20O/c1-8(2)10(12)11-5-3-9(7-11)4-6-11/h8-10,12H,3-7H2,1-2H3/t9?,10-,11?/m0/s1. The van der Waals surface area contributed by atoms with Crippen molar-refractivity contribution in [1.29, 1.82) is 0 Å². The second-order valence-corrected chi connectivity index (χ2v) is 5.20. The number of hydrogen-bond acceptors (Lipinski definition) is 1. The maximum Gasteiger partial charge on any atom is 0.0619 e. The van der Waals surface area contributed by atoms with Gasteiger partial charge in [-0.1, -0.05) is 13.8 Å². The van der Waals surface area contributed by atoms with E-state index in [9.17, 15) is 5.11 Å². The molecule has 0 unspecified atom stereocenters. The highest BCUT2D eigenvalue weighted by atomic mass is 16.3. The molecule has 0 aromatic carbocycles. The van der Waals surface area contributed by atoms with E-state index in [1.165, 1.54) is 32.1 Å². The lowest BCUT2D eigenvalue weighted by molar-refractivity contribution is -0.00330. The molecule has 1 atom stereocenters. The van der Waals surface area contributed by atoms with Crippen molar-refractivity contribution in [1.82, 2.24) is 0 Å². The molecule has 1 nitrogen and oxygen atoms in total. The van der Waals surface area contributed by atoms with Crippen LogP contribution in [0.4, 0.5) is 0 Å². The molecule has 0 aliphatic heterocycles. The van der Waals surface area contributed by atoms with Gasteiger partial charge in [-0.2, -0.15) is 0 Å². The van der Waals surface area contributed by atoms with Gasteiger partial charge < -0.3 is 5.11 Å². The van der Waals surface area contributed by atoms with Crippen molar-refractivity contribution in [3.8, 4) is 0 Å². The molecule has 2 aliphatic carbocycles. The Morgan fingerprint density at radius 2 is 1.83 bits per heavy atom. The Morgan fingerprint density at radius 1 is 1.25 bits per heavy atom. The van der Waals surface area contributed by atoms with E-state index in [1.807, 2.05) is 0 Å². The van der Waals surface area contributed by atoms with Crippen LogP contribution in [0.2, 0.25) is 0 Å². The predicted octanol–water partition coefficient (Wildman–Crippen LogP) is 2.58. The topological polar surface area (TPSA) is 20.2 Å². The van der Waals surface area contributed by atoms with Crippen LogP contribution in [0.1, 0.15) is 46.0 Å². The van der Waals surface area contributed by atoms with Gasteiger partial charge in [-0.15, -0.1) is 0 Å². The quantitative estimate of drug-likeness (QED) is 0.672. The minimum atomic E-state index is -0.0370. The summed E-state index contributed by atoms with van der Waals surface area (Å²) in [6.45, 7) is 4.29. The molecule has 2 bridgehead atoms. The second-order valence-electron chi connectivity index (χ2n) is 5.20. The Morgan fingerprint density at radius 3 is 2.17 bits per heavy atom. The van der Waals surface area contributed by atoms with E-state index < -0.39 is 0 Å². The van der Waals surface area contributed by atoms with Gasteiger partial charge in [0.2, 0.25) is 0 Å². The maximum atomic E-state index is 10.1. The third kappa shape index (κ3) is 1.10. The molecule has 0 saturated heterocycles. The van der Waals surface area contributed by atoms with Crippen molar-refractivity contribution >= 4 is 0 Å². The summed E-state index contributed by atoms with van der Waals surface area (Å²) in [4.78, 5) is 0. The lowest BCUT2D eigenvalue weighted by atomic mass is 9.75. The second kappa shape index (κ2) is 2.73. The van der Waals surface area contributed by atoms with Crippen molar-refractivity contribution < 1.29 is 5.11 Å². The lowest BCUT2D eigenvalue weighted by Gasteiger charge is -2.34. The third-order valence-corrected chi connectivity index (χ3v) is 4.06. The molecule has 0 amide bonds. The Balaban J connectivity index is 2.10. The van der Waals surface area contributed by atoms with E-state index in [0.717, 1.165) is 5.92 Å². The zero-order valence-electron chi connectivity index (χ0n) is 8.21. The molecule has 0 spiro atoms.